The van der Waals surface area contributed by atoms with Gasteiger partial charge in [-0.25, -0.2) is 0 Å². The monoisotopic (exact) mass is 341 g/mol. The molecule has 8 heteroatoms. The smallest absolute Gasteiger partial charge is 0.210 e. The molecule has 0 N–H and O–H groups in total. The average Bonchev–Trinajstić information content (AvgIpc) is 2.60. The lowest BCUT2D eigenvalue weighted by Gasteiger charge is -2.27. The van der Waals surface area contributed by atoms with Crippen LogP contribution >= 0.6 is 0 Å². The molecule has 2 atom stereocenters. The predicted octanol–water partition coefficient (Wildman–Crippen LogP) is 1.88. The molecule has 0 aromatic heterocycles. The first-order chi connectivity index (χ1) is 11.6. The Morgan fingerprint density at radius 1 is 1.21 bits per heavy atom. The molecule has 2 rings (SSSR count). The summed E-state index contributed by atoms with van der Waals surface area (Å²) in [6.45, 7) is 1.25. The van der Waals surface area contributed by atoms with Crippen molar-refractivity contribution in [3.05, 3.63) is 27.8 Å². The second-order valence-corrected chi connectivity index (χ2v) is 5.44. The molecule has 0 aliphatic carbocycles. The Morgan fingerprint density at radius 2 is 1.96 bits per heavy atom. The summed E-state index contributed by atoms with van der Waals surface area (Å²) in [5.74, 6) is 0.990. The maximum absolute atomic E-state index is 11.1. The molecule has 1 saturated heterocycles. The minimum absolute atomic E-state index is 0.179. The van der Waals surface area contributed by atoms with Crippen LogP contribution in [0.4, 0.5) is 0 Å². The van der Waals surface area contributed by atoms with Crippen molar-refractivity contribution < 1.29 is 28.6 Å². The van der Waals surface area contributed by atoms with E-state index >= 15 is 0 Å². The van der Waals surface area contributed by atoms with Gasteiger partial charge in [0.2, 0.25) is 12.3 Å². The van der Waals surface area contributed by atoms with Gasteiger partial charge < -0.3 is 23.7 Å². The molecule has 1 aliphatic heterocycles. The molecule has 1 aromatic rings. The van der Waals surface area contributed by atoms with E-state index in [4.69, 9.17) is 23.7 Å². The number of nitrogens with zero attached hydrogens (tertiary/aromatic N) is 1. The summed E-state index contributed by atoms with van der Waals surface area (Å²) < 4.78 is 27.1. The molecule has 1 heterocycles. The second kappa shape index (κ2) is 8.70. The van der Waals surface area contributed by atoms with E-state index in [0.29, 0.717) is 49.1 Å². The fraction of sp³-hybridized carbons (Fsp3) is 0.625. The van der Waals surface area contributed by atoms with Gasteiger partial charge in [-0.2, -0.15) is 0 Å². The van der Waals surface area contributed by atoms with Gasteiger partial charge >= 0.3 is 0 Å². The van der Waals surface area contributed by atoms with Gasteiger partial charge in [-0.1, -0.05) is 6.07 Å². The maximum atomic E-state index is 11.1. The van der Waals surface area contributed by atoms with Gasteiger partial charge in [0.05, 0.1) is 53.2 Å². The molecular weight excluding hydrogens is 318 g/mol. The number of hydrogen-bond donors (Lipinski definition) is 0. The van der Waals surface area contributed by atoms with Crippen molar-refractivity contribution in [2.24, 2.45) is 0 Å². The van der Waals surface area contributed by atoms with Gasteiger partial charge in [0.1, 0.15) is 0 Å². The predicted molar refractivity (Wildman–Crippen MR) is 85.9 cm³/mol. The van der Waals surface area contributed by atoms with Crippen molar-refractivity contribution in [1.29, 1.82) is 0 Å². The first-order valence-corrected chi connectivity index (χ1v) is 7.70. The van der Waals surface area contributed by atoms with Crippen LogP contribution in [0.3, 0.4) is 0 Å². The third-order valence-corrected chi connectivity index (χ3v) is 3.98. The zero-order valence-electron chi connectivity index (χ0n) is 14.1. The van der Waals surface area contributed by atoms with Crippen molar-refractivity contribution >= 4 is 0 Å². The Balaban J connectivity index is 2.35. The quantitative estimate of drug-likeness (QED) is 0.527. The lowest BCUT2D eigenvalue weighted by molar-refractivity contribution is -0.484. The number of ether oxygens (including phenoxy) is 5. The summed E-state index contributed by atoms with van der Waals surface area (Å²) in [6, 6.07) is 3.50. The normalized spacial score (nSPS) is 18.7. The first kappa shape index (κ1) is 18.3. The van der Waals surface area contributed by atoms with E-state index in [-0.39, 0.29) is 23.5 Å². The standard InChI is InChI=1S/C16H23NO7/c1-20-14-5-4-13(15(21-2)16(14)22-3)11(9-17(18)19)8-12-10-23-6-7-24-12/h4-5,11-12H,6-10H2,1-3H3. The molecule has 0 saturated carbocycles. The van der Waals surface area contributed by atoms with Gasteiger partial charge in [-0.3, -0.25) is 10.1 Å². The maximum Gasteiger partial charge on any atom is 0.210 e. The Morgan fingerprint density at radius 3 is 2.50 bits per heavy atom. The fourth-order valence-electron chi connectivity index (χ4n) is 2.92. The zero-order chi connectivity index (χ0) is 17.5. The third-order valence-electron chi connectivity index (χ3n) is 3.98. The highest BCUT2D eigenvalue weighted by Gasteiger charge is 2.29. The Kier molecular flexibility index (Phi) is 6.62. The van der Waals surface area contributed by atoms with Crippen LogP contribution in [-0.4, -0.2) is 58.7 Å². The van der Waals surface area contributed by atoms with Gasteiger partial charge in [0, 0.05) is 10.5 Å². The average molecular weight is 341 g/mol. The van der Waals surface area contributed by atoms with Crippen LogP contribution in [0.15, 0.2) is 12.1 Å². The summed E-state index contributed by atoms with van der Waals surface area (Å²) in [6.07, 6.45) is 0.286. The second-order valence-electron chi connectivity index (χ2n) is 5.44. The van der Waals surface area contributed by atoms with Gasteiger partial charge in [-0.15, -0.1) is 0 Å². The Labute approximate surface area is 140 Å². The van der Waals surface area contributed by atoms with E-state index < -0.39 is 0 Å². The van der Waals surface area contributed by atoms with E-state index in [0.717, 1.165) is 0 Å². The highest BCUT2D eigenvalue weighted by molar-refractivity contribution is 5.56. The SMILES string of the molecule is COc1ccc(C(CC2COCCO2)C[N+](=O)[O-])c(OC)c1OC. The van der Waals surface area contributed by atoms with Crippen LogP contribution in [-0.2, 0) is 9.47 Å². The topological polar surface area (TPSA) is 89.3 Å². The number of methoxy groups -OCH3 is 3. The molecular formula is C16H23NO7. The van der Waals surface area contributed by atoms with Crippen LogP contribution in [0.5, 0.6) is 17.2 Å². The molecule has 134 valence electrons. The molecule has 8 nitrogen and oxygen atoms in total. The molecule has 0 bridgehead atoms. The highest BCUT2D eigenvalue weighted by Crippen LogP contribution is 2.43. The molecule has 2 unspecified atom stereocenters. The van der Waals surface area contributed by atoms with Crippen molar-refractivity contribution in [2.45, 2.75) is 18.4 Å². The molecule has 24 heavy (non-hydrogen) atoms. The Hall–Kier alpha value is -2.06. The van der Waals surface area contributed by atoms with Crippen LogP contribution in [0.25, 0.3) is 0 Å². The highest BCUT2D eigenvalue weighted by atomic mass is 16.6. The fourth-order valence-corrected chi connectivity index (χ4v) is 2.92. The number of rotatable bonds is 8. The van der Waals surface area contributed by atoms with Crippen molar-refractivity contribution in [3.63, 3.8) is 0 Å². The molecule has 0 radical (unpaired) electrons. The number of nitro groups is 1. The van der Waals surface area contributed by atoms with E-state index in [9.17, 15) is 10.1 Å². The third kappa shape index (κ3) is 4.27. The molecule has 1 aliphatic rings. The Bertz CT molecular complexity index is 558. The zero-order valence-corrected chi connectivity index (χ0v) is 14.1. The molecule has 1 aromatic carbocycles. The van der Waals surface area contributed by atoms with E-state index in [2.05, 4.69) is 0 Å². The minimum atomic E-state index is -0.388. The lowest BCUT2D eigenvalue weighted by atomic mass is 9.91. The molecule has 0 spiro atoms. The first-order valence-electron chi connectivity index (χ1n) is 7.70. The van der Waals surface area contributed by atoms with Crippen molar-refractivity contribution in [3.8, 4) is 17.2 Å². The summed E-state index contributed by atoms with van der Waals surface area (Å²) in [5.41, 5.74) is 0.695. The largest absolute Gasteiger partial charge is 0.493 e. The number of hydrogen-bond acceptors (Lipinski definition) is 7. The van der Waals surface area contributed by atoms with Gasteiger partial charge in [0.25, 0.3) is 0 Å². The summed E-state index contributed by atoms with van der Waals surface area (Å²) in [4.78, 5) is 10.8. The molecule has 0 amide bonds. The van der Waals surface area contributed by atoms with Crippen LogP contribution in [0.1, 0.15) is 17.9 Å². The van der Waals surface area contributed by atoms with Crippen LogP contribution in [0.2, 0.25) is 0 Å². The van der Waals surface area contributed by atoms with Crippen LogP contribution < -0.4 is 14.2 Å². The minimum Gasteiger partial charge on any atom is -0.493 e. The number of benzene rings is 1. The lowest BCUT2D eigenvalue weighted by Crippen LogP contribution is -2.31. The summed E-state index contributed by atoms with van der Waals surface area (Å²) in [7, 11) is 4.54. The van der Waals surface area contributed by atoms with E-state index in [1.165, 1.54) is 21.3 Å². The van der Waals surface area contributed by atoms with Gasteiger partial charge in [-0.05, 0) is 12.5 Å². The van der Waals surface area contributed by atoms with Crippen molar-refractivity contribution in [1.82, 2.24) is 0 Å². The van der Waals surface area contributed by atoms with E-state index in [1.807, 2.05) is 0 Å². The molecule has 1 fully saturated rings. The van der Waals surface area contributed by atoms with Crippen LogP contribution in [0, 0.1) is 10.1 Å². The van der Waals surface area contributed by atoms with Gasteiger partial charge in [0.15, 0.2) is 11.5 Å². The van der Waals surface area contributed by atoms with E-state index in [1.54, 1.807) is 12.1 Å². The van der Waals surface area contributed by atoms with Crippen molar-refractivity contribution in [2.75, 3.05) is 47.7 Å². The summed E-state index contributed by atoms with van der Waals surface area (Å²) in [5, 5.41) is 11.1. The summed E-state index contributed by atoms with van der Waals surface area (Å²) >= 11 is 0.